The van der Waals surface area contributed by atoms with Crippen molar-refractivity contribution in [1.82, 2.24) is 0 Å². The van der Waals surface area contributed by atoms with Gasteiger partial charge in [0, 0.05) is 11.8 Å². The number of esters is 1. The Morgan fingerprint density at radius 1 is 1.09 bits per heavy atom. The van der Waals surface area contributed by atoms with Crippen LogP contribution in [0.1, 0.15) is 31.9 Å². The van der Waals surface area contributed by atoms with E-state index in [0.717, 1.165) is 10.5 Å². The highest BCUT2D eigenvalue weighted by molar-refractivity contribution is 7.99. The molecule has 2 fully saturated rings. The molecule has 0 spiro atoms. The van der Waals surface area contributed by atoms with Gasteiger partial charge in [0.2, 0.25) is 0 Å². The second-order valence-corrected chi connectivity index (χ2v) is 9.77. The maximum Gasteiger partial charge on any atom is 0.303 e. The molecule has 172 valence electrons. The van der Waals surface area contributed by atoms with Gasteiger partial charge in [-0.2, -0.15) is 0 Å². The Morgan fingerprint density at radius 3 is 2.50 bits per heavy atom. The van der Waals surface area contributed by atoms with Gasteiger partial charge in [-0.05, 0) is 38.5 Å². The largest absolute Gasteiger partial charge is 0.456 e. The third-order valence-corrected chi connectivity index (χ3v) is 6.62. The van der Waals surface area contributed by atoms with Gasteiger partial charge in [0.1, 0.15) is 23.7 Å². The summed E-state index contributed by atoms with van der Waals surface area (Å²) in [6, 6.07) is 18.1. The van der Waals surface area contributed by atoms with Crippen molar-refractivity contribution in [2.24, 2.45) is 0 Å². The number of ether oxygens (including phenoxy) is 5. The molecule has 7 heteroatoms. The van der Waals surface area contributed by atoms with E-state index in [-0.39, 0.29) is 12.1 Å². The molecular formula is C25H30O6S. The molecule has 4 rings (SSSR count). The van der Waals surface area contributed by atoms with E-state index in [0.29, 0.717) is 13.2 Å². The molecule has 0 saturated carbocycles. The molecule has 2 aliphatic rings. The molecular weight excluding hydrogens is 428 g/mol. The SMILES string of the molecule is CC(=O)O[C@@H]1[C@@H](OCc2ccccc2)[C@@H]2OC(C)(C)OC[C@@H]2O[C@H]1Sc1ccc(C)cc1. The number of aryl methyl sites for hydroxylation is 1. The lowest BCUT2D eigenvalue weighted by atomic mass is 9.97. The normalized spacial score (nSPS) is 29.2. The highest BCUT2D eigenvalue weighted by atomic mass is 32.2. The number of carbonyl (C=O) groups is 1. The molecule has 0 radical (unpaired) electrons. The standard InChI is InChI=1S/C25H30O6S/c1-16-10-12-19(13-11-16)32-24-23(29-17(2)26)22(27-14-18-8-6-5-7-9-18)21-20(30-24)15-28-25(3,4)31-21/h5-13,20-24H,14-15H2,1-4H3/t20-,21+,22-,23+,24-/m0/s1. The summed E-state index contributed by atoms with van der Waals surface area (Å²) in [6.07, 6.45) is -1.91. The average Bonchev–Trinajstić information content (AvgIpc) is 2.75. The first-order valence-electron chi connectivity index (χ1n) is 10.8. The Hall–Kier alpha value is -1.90. The number of rotatable bonds is 6. The molecule has 2 aliphatic heterocycles. The van der Waals surface area contributed by atoms with Crippen molar-refractivity contribution in [3.63, 3.8) is 0 Å². The topological polar surface area (TPSA) is 63.2 Å². The van der Waals surface area contributed by atoms with E-state index in [2.05, 4.69) is 0 Å². The van der Waals surface area contributed by atoms with Gasteiger partial charge in [-0.15, -0.1) is 0 Å². The number of hydrogen-bond acceptors (Lipinski definition) is 7. The van der Waals surface area contributed by atoms with E-state index in [4.69, 9.17) is 23.7 Å². The summed E-state index contributed by atoms with van der Waals surface area (Å²) in [5.41, 5.74) is 1.75. The fourth-order valence-electron chi connectivity index (χ4n) is 3.92. The van der Waals surface area contributed by atoms with Crippen LogP contribution in [0.5, 0.6) is 0 Å². The van der Waals surface area contributed by atoms with E-state index < -0.39 is 29.5 Å². The number of hydrogen-bond donors (Lipinski definition) is 0. The van der Waals surface area contributed by atoms with Crippen molar-refractivity contribution < 1.29 is 28.5 Å². The minimum absolute atomic E-state index is 0.335. The monoisotopic (exact) mass is 458 g/mol. The highest BCUT2D eigenvalue weighted by Gasteiger charge is 2.53. The Morgan fingerprint density at radius 2 is 1.81 bits per heavy atom. The molecule has 0 unspecified atom stereocenters. The lowest BCUT2D eigenvalue weighted by molar-refractivity contribution is -0.355. The van der Waals surface area contributed by atoms with Crippen LogP contribution in [0.15, 0.2) is 59.5 Å². The van der Waals surface area contributed by atoms with Gasteiger partial charge in [0.15, 0.2) is 11.9 Å². The zero-order valence-electron chi connectivity index (χ0n) is 18.9. The van der Waals surface area contributed by atoms with Crippen molar-refractivity contribution in [2.75, 3.05) is 6.61 Å². The summed E-state index contributed by atoms with van der Waals surface area (Å²) < 4.78 is 30.6. The van der Waals surface area contributed by atoms with E-state index in [1.807, 2.05) is 75.4 Å². The molecule has 2 aromatic rings. The van der Waals surface area contributed by atoms with Crippen LogP contribution in [0, 0.1) is 6.92 Å². The maximum atomic E-state index is 12.1. The van der Waals surface area contributed by atoms with Crippen LogP contribution in [-0.2, 0) is 35.1 Å². The predicted octanol–water partition coefficient (Wildman–Crippen LogP) is 4.48. The minimum Gasteiger partial charge on any atom is -0.456 e. The smallest absolute Gasteiger partial charge is 0.303 e. The Kier molecular flexibility index (Phi) is 7.22. The number of carbonyl (C=O) groups excluding carboxylic acids is 1. The van der Waals surface area contributed by atoms with Gasteiger partial charge in [0.05, 0.1) is 13.2 Å². The predicted molar refractivity (Wildman–Crippen MR) is 121 cm³/mol. The van der Waals surface area contributed by atoms with Gasteiger partial charge in [-0.25, -0.2) is 0 Å². The van der Waals surface area contributed by atoms with E-state index >= 15 is 0 Å². The first-order chi connectivity index (χ1) is 15.3. The van der Waals surface area contributed by atoms with Crippen LogP contribution in [0.3, 0.4) is 0 Å². The molecule has 0 amide bonds. The summed E-state index contributed by atoms with van der Waals surface area (Å²) in [7, 11) is 0. The average molecular weight is 459 g/mol. The van der Waals surface area contributed by atoms with Crippen molar-refractivity contribution in [3.8, 4) is 0 Å². The van der Waals surface area contributed by atoms with Crippen LogP contribution in [-0.4, -0.2) is 48.2 Å². The number of benzene rings is 2. The quantitative estimate of drug-likeness (QED) is 0.592. The zero-order valence-corrected chi connectivity index (χ0v) is 19.7. The van der Waals surface area contributed by atoms with Crippen LogP contribution in [0.2, 0.25) is 0 Å². The van der Waals surface area contributed by atoms with Crippen molar-refractivity contribution in [3.05, 3.63) is 65.7 Å². The molecule has 0 N–H and O–H groups in total. The van der Waals surface area contributed by atoms with Crippen molar-refractivity contribution in [2.45, 2.75) is 74.8 Å². The van der Waals surface area contributed by atoms with Gasteiger partial charge in [-0.3, -0.25) is 4.79 Å². The molecule has 2 heterocycles. The lowest BCUT2D eigenvalue weighted by Crippen LogP contribution is -2.65. The maximum absolute atomic E-state index is 12.1. The molecule has 5 atom stereocenters. The Labute approximate surface area is 193 Å². The summed E-state index contributed by atoms with van der Waals surface area (Å²) in [5.74, 6) is -1.16. The van der Waals surface area contributed by atoms with Gasteiger partial charge < -0.3 is 23.7 Å². The second-order valence-electron chi connectivity index (χ2n) is 8.60. The summed E-state index contributed by atoms with van der Waals surface area (Å²) in [4.78, 5) is 13.1. The van der Waals surface area contributed by atoms with E-state index in [9.17, 15) is 4.79 Å². The fourth-order valence-corrected chi connectivity index (χ4v) is 5.02. The van der Waals surface area contributed by atoms with Crippen LogP contribution >= 0.6 is 11.8 Å². The molecule has 6 nitrogen and oxygen atoms in total. The zero-order chi connectivity index (χ0) is 22.7. The third kappa shape index (κ3) is 5.71. The summed E-state index contributed by atoms with van der Waals surface area (Å²) in [6.45, 7) is 7.93. The second kappa shape index (κ2) is 9.93. The van der Waals surface area contributed by atoms with Gasteiger partial charge in [-0.1, -0.05) is 59.8 Å². The van der Waals surface area contributed by atoms with Crippen molar-refractivity contribution >= 4 is 17.7 Å². The molecule has 2 saturated heterocycles. The number of thioether (sulfide) groups is 1. The van der Waals surface area contributed by atoms with Gasteiger partial charge >= 0.3 is 5.97 Å². The molecule has 32 heavy (non-hydrogen) atoms. The Balaban J connectivity index is 1.61. The first-order valence-corrected chi connectivity index (χ1v) is 11.7. The van der Waals surface area contributed by atoms with Crippen LogP contribution in [0.25, 0.3) is 0 Å². The molecule has 0 bridgehead atoms. The summed E-state index contributed by atoms with van der Waals surface area (Å²) in [5, 5.41) is 0. The van der Waals surface area contributed by atoms with E-state index in [1.165, 1.54) is 24.2 Å². The minimum atomic E-state index is -0.781. The summed E-state index contributed by atoms with van der Waals surface area (Å²) >= 11 is 1.51. The highest BCUT2D eigenvalue weighted by Crippen LogP contribution is 2.40. The number of fused-ring (bicyclic) bond motifs is 1. The third-order valence-electron chi connectivity index (χ3n) is 5.47. The lowest BCUT2D eigenvalue weighted by Gasteiger charge is -2.50. The van der Waals surface area contributed by atoms with Crippen LogP contribution in [0.4, 0.5) is 0 Å². The van der Waals surface area contributed by atoms with Gasteiger partial charge in [0.25, 0.3) is 0 Å². The molecule has 2 aromatic carbocycles. The fraction of sp³-hybridized carbons (Fsp3) is 0.480. The molecule has 0 aliphatic carbocycles. The van der Waals surface area contributed by atoms with Crippen LogP contribution < -0.4 is 0 Å². The Bertz CT molecular complexity index is 900. The van der Waals surface area contributed by atoms with Crippen molar-refractivity contribution in [1.29, 1.82) is 0 Å². The molecule has 0 aromatic heterocycles. The first kappa shape index (κ1) is 23.3. The van der Waals surface area contributed by atoms with E-state index in [1.54, 1.807) is 0 Å².